The summed E-state index contributed by atoms with van der Waals surface area (Å²) in [6, 6.07) is 35.0. The summed E-state index contributed by atoms with van der Waals surface area (Å²) in [7, 11) is 0. The normalized spacial score (nSPS) is 11.4. The van der Waals surface area contributed by atoms with Crippen molar-refractivity contribution in [3.8, 4) is 0 Å². The molecule has 4 N–H and O–H groups in total. The van der Waals surface area contributed by atoms with Crippen LogP contribution in [-0.4, -0.2) is 19.9 Å². The van der Waals surface area contributed by atoms with Crippen LogP contribution in [0.2, 0.25) is 0 Å². The zero-order valence-corrected chi connectivity index (χ0v) is 22.8. The van der Waals surface area contributed by atoms with Gasteiger partial charge in [-0.1, -0.05) is 48.5 Å². The minimum Gasteiger partial charge on any atom is -0.399 e. The van der Waals surface area contributed by atoms with Crippen LogP contribution in [-0.2, 0) is 29.9 Å². The number of nitrogens with one attached hydrogen (secondary N) is 2. The third kappa shape index (κ3) is 6.86. The number of hydrogen-bond donors (Lipinski definition) is 3. The molecule has 0 unspecified atom stereocenters. The number of H-pyrrole nitrogens is 2. The van der Waals surface area contributed by atoms with Crippen LogP contribution in [0.25, 0.3) is 46.4 Å². The molecule has 40 heavy (non-hydrogen) atoms. The fourth-order valence-corrected chi connectivity index (χ4v) is 4.63. The van der Waals surface area contributed by atoms with Gasteiger partial charge in [0, 0.05) is 44.8 Å². The van der Waals surface area contributed by atoms with Crippen LogP contribution in [0.4, 0.5) is 5.69 Å². The van der Waals surface area contributed by atoms with Gasteiger partial charge >= 0.3 is 0 Å². The monoisotopic (exact) mass is 570 g/mol. The zero-order valence-electron chi connectivity index (χ0n) is 21.8. The third-order valence-corrected chi connectivity index (χ3v) is 6.62. The predicted octanol–water partition coefficient (Wildman–Crippen LogP) is 7.71. The Bertz CT molecular complexity index is 1740. The van der Waals surface area contributed by atoms with E-state index in [1.807, 2.05) is 66.8 Å². The molecule has 2 aliphatic rings. The van der Waals surface area contributed by atoms with Crippen molar-refractivity contribution in [1.29, 1.82) is 0 Å². The van der Waals surface area contributed by atoms with Crippen LogP contribution in [0.15, 0.2) is 103 Å². The van der Waals surface area contributed by atoms with Gasteiger partial charge in [0.15, 0.2) is 0 Å². The van der Waals surface area contributed by atoms with E-state index in [4.69, 9.17) is 5.73 Å². The maximum absolute atomic E-state index is 5.88. The number of nitrogens with two attached hydrogens (primary N) is 1. The molecule has 0 saturated carbocycles. The molecule has 6 heteroatoms. The average molecular weight is 571 g/mol. The Kier molecular flexibility index (Phi) is 8.41. The summed E-state index contributed by atoms with van der Waals surface area (Å²) in [5.41, 5.74) is 17.2. The van der Waals surface area contributed by atoms with E-state index in [1.165, 1.54) is 11.1 Å². The van der Waals surface area contributed by atoms with Crippen molar-refractivity contribution in [2.75, 3.05) is 5.73 Å². The molecule has 5 nitrogen and oxygen atoms in total. The summed E-state index contributed by atoms with van der Waals surface area (Å²) in [5, 5.41) is 0. The van der Waals surface area contributed by atoms with Gasteiger partial charge in [-0.3, -0.25) is 0 Å². The van der Waals surface area contributed by atoms with Crippen LogP contribution < -0.4 is 5.73 Å². The van der Waals surface area contributed by atoms with Crippen molar-refractivity contribution in [2.24, 2.45) is 0 Å². The molecule has 0 atom stereocenters. The third-order valence-electron chi connectivity index (χ3n) is 6.62. The topological polar surface area (TPSA) is 83.4 Å². The zero-order chi connectivity index (χ0) is 26.4. The molecule has 0 saturated heterocycles. The number of aryl methyl sites for hydroxylation is 2. The van der Waals surface area contributed by atoms with Gasteiger partial charge in [-0.05, 0) is 103 Å². The number of aromatic amines is 2. The van der Waals surface area contributed by atoms with E-state index in [2.05, 4.69) is 80.6 Å². The first-order chi connectivity index (χ1) is 19.2. The molecule has 2 aromatic carbocycles. The predicted molar refractivity (Wildman–Crippen MR) is 164 cm³/mol. The van der Waals surface area contributed by atoms with Gasteiger partial charge in [0.05, 0.1) is 22.8 Å². The van der Waals surface area contributed by atoms with Crippen LogP contribution in [0.3, 0.4) is 0 Å². The molecule has 7 rings (SSSR count). The molecule has 0 amide bonds. The second-order valence-electron chi connectivity index (χ2n) is 9.59. The summed E-state index contributed by atoms with van der Waals surface area (Å²) in [5.74, 6) is 0. The van der Waals surface area contributed by atoms with Gasteiger partial charge < -0.3 is 15.7 Å². The molecule has 0 spiro atoms. The fourth-order valence-electron chi connectivity index (χ4n) is 4.63. The van der Waals surface area contributed by atoms with Crippen molar-refractivity contribution >= 4 is 52.1 Å². The SMILES string of the molecule is C1=Cc2cc3ccc(cc4ccc(cc5nc(cc1n2)C=C5)[nH]4)[nH]3.Nc1ccccc1CCc1ccccc1.[Cu]. The number of rotatable bonds is 3. The minimum atomic E-state index is 0. The van der Waals surface area contributed by atoms with Crippen molar-refractivity contribution in [2.45, 2.75) is 12.8 Å². The van der Waals surface area contributed by atoms with Crippen molar-refractivity contribution in [1.82, 2.24) is 19.9 Å². The Morgan fingerprint density at radius 2 is 0.975 bits per heavy atom. The summed E-state index contributed by atoms with van der Waals surface area (Å²) in [6.45, 7) is 0. The van der Waals surface area contributed by atoms with E-state index in [9.17, 15) is 0 Å². The number of anilines is 1. The summed E-state index contributed by atoms with van der Waals surface area (Å²) < 4.78 is 0. The standard InChI is InChI=1S/C20H14N4.C14H15N.Cu/c1-2-14-10-16-5-6-18(23-16)12-20-8-7-19(24-20)11-17-4-3-15(22-17)9-13(1)21-14;15-14-9-5-4-8-13(14)11-10-12-6-2-1-3-7-12;/h1-12,21-22H;1-9H,10-11,15H2;. The van der Waals surface area contributed by atoms with E-state index >= 15 is 0 Å². The molecule has 5 heterocycles. The fraction of sp³-hybridized carbons (Fsp3) is 0.0588. The Morgan fingerprint density at radius 3 is 1.52 bits per heavy atom. The number of aromatic nitrogens is 4. The molecule has 0 fully saturated rings. The first-order valence-corrected chi connectivity index (χ1v) is 13.1. The maximum Gasteiger partial charge on any atom is 0.0659 e. The average Bonchev–Trinajstić information content (AvgIpc) is 3.76. The quantitative estimate of drug-likeness (QED) is 0.150. The van der Waals surface area contributed by atoms with Crippen LogP contribution in [0, 0.1) is 0 Å². The Balaban J connectivity index is 0.000000175. The van der Waals surface area contributed by atoms with Crippen molar-refractivity contribution < 1.29 is 17.1 Å². The summed E-state index contributed by atoms with van der Waals surface area (Å²) in [4.78, 5) is 16.0. The van der Waals surface area contributed by atoms with Crippen molar-refractivity contribution in [3.63, 3.8) is 0 Å². The number of fused-ring (bicyclic) bond motifs is 8. The molecule has 0 aliphatic carbocycles. The molecule has 2 aliphatic heterocycles. The largest absolute Gasteiger partial charge is 0.399 e. The number of hydrogen-bond acceptors (Lipinski definition) is 3. The van der Waals surface area contributed by atoms with E-state index in [0.29, 0.717) is 0 Å². The van der Waals surface area contributed by atoms with Gasteiger partial charge in [-0.15, -0.1) is 0 Å². The van der Waals surface area contributed by atoms with Gasteiger partial charge in [-0.2, -0.15) is 0 Å². The molecule has 5 aromatic rings. The Morgan fingerprint density at radius 1 is 0.500 bits per heavy atom. The second-order valence-corrected chi connectivity index (χ2v) is 9.59. The molecule has 201 valence electrons. The van der Waals surface area contributed by atoms with Gasteiger partial charge in [0.2, 0.25) is 0 Å². The smallest absolute Gasteiger partial charge is 0.0659 e. The van der Waals surface area contributed by atoms with Gasteiger partial charge in [0.1, 0.15) is 0 Å². The minimum absolute atomic E-state index is 0. The van der Waals surface area contributed by atoms with E-state index in [-0.39, 0.29) is 17.1 Å². The molecular weight excluding hydrogens is 542 g/mol. The summed E-state index contributed by atoms with van der Waals surface area (Å²) in [6.07, 6.45) is 10.1. The Labute approximate surface area is 244 Å². The van der Waals surface area contributed by atoms with Crippen molar-refractivity contribution in [3.05, 3.63) is 137 Å². The molecule has 8 bridgehead atoms. The number of benzene rings is 2. The first kappa shape index (κ1) is 26.9. The van der Waals surface area contributed by atoms with E-state index in [0.717, 1.165) is 63.4 Å². The summed E-state index contributed by atoms with van der Waals surface area (Å²) >= 11 is 0. The molecule has 3 aromatic heterocycles. The molecule has 1 radical (unpaired) electrons. The van der Waals surface area contributed by atoms with Crippen LogP contribution >= 0.6 is 0 Å². The van der Waals surface area contributed by atoms with Gasteiger partial charge in [0.25, 0.3) is 0 Å². The van der Waals surface area contributed by atoms with E-state index in [1.54, 1.807) is 0 Å². The second kappa shape index (κ2) is 12.5. The van der Waals surface area contributed by atoms with Crippen LogP contribution in [0.1, 0.15) is 33.9 Å². The first-order valence-electron chi connectivity index (χ1n) is 13.1. The molecular formula is C34H29CuN5. The van der Waals surface area contributed by atoms with Crippen LogP contribution in [0.5, 0.6) is 0 Å². The number of nitrogens with zero attached hydrogens (tertiary/aromatic N) is 2. The Hall–Kier alpha value is -4.64. The van der Waals surface area contributed by atoms with E-state index < -0.39 is 0 Å². The maximum atomic E-state index is 5.88. The number of para-hydroxylation sites is 1. The number of nitrogen functional groups attached to an aromatic ring is 1. The van der Waals surface area contributed by atoms with Gasteiger partial charge in [-0.25, -0.2) is 9.97 Å².